The fourth-order valence-corrected chi connectivity index (χ4v) is 2.67. The van der Waals surface area contributed by atoms with Crippen molar-refractivity contribution in [3.05, 3.63) is 34.9 Å². The van der Waals surface area contributed by atoms with Crippen LogP contribution < -0.4 is 11.0 Å². The van der Waals surface area contributed by atoms with Crippen LogP contribution in [0.1, 0.15) is 33.7 Å². The summed E-state index contributed by atoms with van der Waals surface area (Å²) >= 11 is 0. The first kappa shape index (κ1) is 12.1. The summed E-state index contributed by atoms with van der Waals surface area (Å²) in [6, 6.07) is 5.57. The number of hydrogen-bond donors (Lipinski definition) is 2. The molecular weight excluding hydrogens is 246 g/mol. The summed E-state index contributed by atoms with van der Waals surface area (Å²) in [5, 5.41) is 0. The van der Waals surface area contributed by atoms with Crippen LogP contribution in [0.5, 0.6) is 0 Å². The molecule has 0 fully saturated rings. The topological polar surface area (TPSA) is 87.6 Å². The second-order valence-corrected chi connectivity index (χ2v) is 4.26. The smallest absolute Gasteiger partial charge is 0.150 e. The molecule has 0 saturated carbocycles. The summed E-state index contributed by atoms with van der Waals surface area (Å²) in [5.41, 5.74) is 13.1. The Morgan fingerprint density at radius 3 is 2.50 bits per heavy atom. The van der Waals surface area contributed by atoms with Crippen molar-refractivity contribution in [1.29, 1.82) is 0 Å². The lowest BCUT2D eigenvalue weighted by molar-refractivity contribution is 0.0703. The summed E-state index contributed by atoms with van der Waals surface area (Å²) in [6.45, 7) is 0. The van der Waals surface area contributed by atoms with Crippen molar-refractivity contribution in [3.63, 3.8) is 0 Å². The molecule has 2 aliphatic rings. The Morgan fingerprint density at radius 2 is 1.88 bits per heavy atom. The standard InChI is InChI=1S/C9H12N2O3P2/c10-15-13-8-5-1-2-7(6(3-5)4-12)9(8)14-16-11/h1-4,8-9,15-16H,10-11H2. The second kappa shape index (κ2) is 5.28. The molecule has 2 bridgehead atoms. The van der Waals surface area contributed by atoms with Crippen LogP contribution in [0.2, 0.25) is 0 Å². The van der Waals surface area contributed by atoms with E-state index in [9.17, 15) is 4.79 Å². The average molecular weight is 258 g/mol. The van der Waals surface area contributed by atoms with Crippen molar-refractivity contribution in [2.24, 2.45) is 11.0 Å². The lowest BCUT2D eigenvalue weighted by atomic mass is 9.87. The third-order valence-corrected chi connectivity index (χ3v) is 3.32. The third-order valence-electron chi connectivity index (χ3n) is 2.54. The average Bonchev–Trinajstić information content (AvgIpc) is 2.33. The van der Waals surface area contributed by atoms with E-state index < -0.39 is 0 Å². The van der Waals surface area contributed by atoms with Gasteiger partial charge in [0.15, 0.2) is 0 Å². The highest BCUT2D eigenvalue weighted by Crippen LogP contribution is 2.45. The van der Waals surface area contributed by atoms with Gasteiger partial charge in [0, 0.05) is 5.56 Å². The molecule has 7 heteroatoms. The molecule has 0 aliphatic heterocycles. The van der Waals surface area contributed by atoms with E-state index in [0.29, 0.717) is 5.56 Å². The van der Waals surface area contributed by atoms with Gasteiger partial charge in [0.25, 0.3) is 0 Å². The zero-order valence-corrected chi connectivity index (χ0v) is 10.3. The summed E-state index contributed by atoms with van der Waals surface area (Å²) < 4.78 is 10.9. The molecule has 1 aromatic carbocycles. The lowest BCUT2D eigenvalue weighted by Crippen LogP contribution is -2.21. The van der Waals surface area contributed by atoms with Gasteiger partial charge >= 0.3 is 0 Å². The van der Waals surface area contributed by atoms with Crippen molar-refractivity contribution in [2.75, 3.05) is 0 Å². The molecule has 3 rings (SSSR count). The van der Waals surface area contributed by atoms with Crippen LogP contribution in [0.15, 0.2) is 18.2 Å². The number of rotatable bonds is 5. The second-order valence-electron chi connectivity index (χ2n) is 3.32. The highest BCUT2D eigenvalue weighted by Gasteiger charge is 2.33. The van der Waals surface area contributed by atoms with Gasteiger partial charge in [-0.25, -0.2) is 0 Å². The Labute approximate surface area is 96.7 Å². The van der Waals surface area contributed by atoms with E-state index in [1.807, 2.05) is 12.1 Å². The molecule has 1 aromatic rings. The van der Waals surface area contributed by atoms with Crippen LogP contribution in [0.3, 0.4) is 0 Å². The zero-order valence-electron chi connectivity index (χ0n) is 8.34. The van der Waals surface area contributed by atoms with Gasteiger partial charge in [0.1, 0.15) is 18.5 Å². The Morgan fingerprint density at radius 1 is 1.19 bits per heavy atom. The van der Waals surface area contributed by atoms with Crippen molar-refractivity contribution < 1.29 is 13.8 Å². The Bertz CT molecular complexity index is 402. The Kier molecular flexibility index (Phi) is 3.98. The molecule has 4 unspecified atom stereocenters. The van der Waals surface area contributed by atoms with Gasteiger partial charge in [-0.2, -0.15) is 0 Å². The predicted octanol–water partition coefficient (Wildman–Crippen LogP) is 1.56. The van der Waals surface area contributed by atoms with E-state index in [2.05, 4.69) is 0 Å². The van der Waals surface area contributed by atoms with Gasteiger partial charge < -0.3 is 9.05 Å². The number of carbonyl (C=O) groups excluding carboxylic acids is 1. The minimum Gasteiger partial charge on any atom is -0.336 e. The number of carbonyl (C=O) groups is 1. The zero-order chi connectivity index (χ0) is 11.5. The first-order valence-electron chi connectivity index (χ1n) is 4.63. The molecule has 0 heterocycles. The van der Waals surface area contributed by atoms with E-state index >= 15 is 0 Å². The molecule has 86 valence electrons. The van der Waals surface area contributed by atoms with Gasteiger partial charge in [-0.3, -0.25) is 15.8 Å². The van der Waals surface area contributed by atoms with Crippen LogP contribution in [-0.2, 0) is 9.05 Å². The van der Waals surface area contributed by atoms with Gasteiger partial charge in [-0.05, 0) is 17.2 Å². The van der Waals surface area contributed by atoms with Crippen molar-refractivity contribution >= 4 is 24.2 Å². The van der Waals surface area contributed by atoms with E-state index in [4.69, 9.17) is 20.1 Å². The Balaban J connectivity index is 2.37. The molecule has 0 aromatic heterocycles. The largest absolute Gasteiger partial charge is 0.336 e. The van der Waals surface area contributed by atoms with Gasteiger partial charge in [-0.1, -0.05) is 12.1 Å². The molecule has 5 nitrogen and oxygen atoms in total. The molecule has 4 N–H and O–H groups in total. The first-order valence-corrected chi connectivity index (χ1v) is 6.60. The summed E-state index contributed by atoms with van der Waals surface area (Å²) in [6.07, 6.45) is 0.253. The van der Waals surface area contributed by atoms with Crippen molar-refractivity contribution in [3.8, 4) is 0 Å². The minimum absolute atomic E-state index is 0.122. The summed E-state index contributed by atoms with van der Waals surface area (Å²) in [5.74, 6) is 0. The van der Waals surface area contributed by atoms with E-state index in [-0.39, 0.29) is 30.1 Å². The number of nitrogens with two attached hydrogens (primary N) is 2. The molecule has 0 spiro atoms. The fourth-order valence-electron chi connectivity index (χ4n) is 1.87. The van der Waals surface area contributed by atoms with Gasteiger partial charge in [0.2, 0.25) is 0 Å². The van der Waals surface area contributed by atoms with Crippen LogP contribution >= 0.6 is 17.9 Å². The normalized spacial score (nSPS) is 23.9. The number of aldehydes is 1. The van der Waals surface area contributed by atoms with Gasteiger partial charge in [-0.15, -0.1) is 0 Å². The third kappa shape index (κ3) is 2.03. The maximum atomic E-state index is 10.9. The molecule has 0 amide bonds. The molecule has 0 saturated heterocycles. The van der Waals surface area contributed by atoms with E-state index in [0.717, 1.165) is 17.4 Å². The van der Waals surface area contributed by atoms with Crippen LogP contribution in [0.25, 0.3) is 0 Å². The van der Waals surface area contributed by atoms with Crippen molar-refractivity contribution in [2.45, 2.75) is 12.2 Å². The number of hydrogen-bond acceptors (Lipinski definition) is 5. The molecular formula is C9H12N2O3P2. The quantitative estimate of drug-likeness (QED) is 0.618. The van der Waals surface area contributed by atoms with Crippen molar-refractivity contribution in [1.82, 2.24) is 0 Å². The Hall–Kier alpha value is -0.410. The van der Waals surface area contributed by atoms with Crippen LogP contribution in [-0.4, -0.2) is 6.29 Å². The molecule has 2 aliphatic carbocycles. The first-order chi connectivity index (χ1) is 7.81. The van der Waals surface area contributed by atoms with E-state index in [1.54, 1.807) is 6.07 Å². The highest BCUT2D eigenvalue weighted by atomic mass is 31.1. The summed E-state index contributed by atoms with van der Waals surface area (Å²) in [4.78, 5) is 10.9. The fraction of sp³-hybridized carbons (Fsp3) is 0.222. The number of fused-ring (bicyclic) bond motifs is 3. The predicted molar refractivity (Wildman–Crippen MR) is 64.5 cm³/mol. The highest BCUT2D eigenvalue weighted by molar-refractivity contribution is 7.29. The maximum Gasteiger partial charge on any atom is 0.150 e. The number of benzene rings is 1. The summed E-state index contributed by atoms with van der Waals surface area (Å²) in [7, 11) is -0.271. The SMILES string of the molecule is NPOC1c2ccc(c(C=O)c2)C1OPN. The van der Waals surface area contributed by atoms with Crippen LogP contribution in [0.4, 0.5) is 0 Å². The van der Waals surface area contributed by atoms with Gasteiger partial charge in [0.05, 0.1) is 17.9 Å². The lowest BCUT2D eigenvalue weighted by Gasteiger charge is -2.32. The monoisotopic (exact) mass is 258 g/mol. The van der Waals surface area contributed by atoms with E-state index in [1.165, 1.54) is 0 Å². The minimum atomic E-state index is -0.315. The molecule has 0 radical (unpaired) electrons. The maximum absolute atomic E-state index is 10.9. The van der Waals surface area contributed by atoms with Crippen LogP contribution in [0, 0.1) is 0 Å². The molecule has 16 heavy (non-hydrogen) atoms. The molecule has 4 atom stereocenters.